The smallest absolute Gasteiger partial charge is 0.276 e. The molecule has 1 atom stereocenters. The molecule has 1 aromatic heterocycles. The third-order valence-corrected chi connectivity index (χ3v) is 4.87. The van der Waals surface area contributed by atoms with E-state index < -0.39 is 23.3 Å². The lowest BCUT2D eigenvalue weighted by Crippen LogP contribution is -2.56. The van der Waals surface area contributed by atoms with Crippen LogP contribution in [-0.2, 0) is 9.59 Å². The number of amides is 2. The Morgan fingerprint density at radius 3 is 2.50 bits per heavy atom. The molecule has 3 N–H and O–H groups in total. The first-order valence-corrected chi connectivity index (χ1v) is 9.60. The van der Waals surface area contributed by atoms with Crippen LogP contribution in [0.4, 0.5) is 0 Å². The van der Waals surface area contributed by atoms with Gasteiger partial charge in [-0.05, 0) is 31.4 Å². The van der Waals surface area contributed by atoms with Gasteiger partial charge in [-0.1, -0.05) is 44.9 Å². The standard InChI is InChI=1S/C16H26N4O3S/c1-10(2)9-11(13-19-20-15(23-13)24-3)12(21)18-14(22)16(17)7-5-4-6-8-16/h10-11H,4-9,17H2,1-3H3,(H,18,21,22)/t11-/m1/s1. The number of nitrogens with one attached hydrogen (secondary N) is 1. The summed E-state index contributed by atoms with van der Waals surface area (Å²) in [6.07, 6.45) is 6.46. The molecule has 1 saturated carbocycles. The molecule has 0 spiro atoms. The Hall–Kier alpha value is -1.41. The van der Waals surface area contributed by atoms with Crippen molar-refractivity contribution in [1.29, 1.82) is 0 Å². The van der Waals surface area contributed by atoms with Crippen molar-refractivity contribution >= 4 is 23.6 Å². The maximum atomic E-state index is 12.6. The van der Waals surface area contributed by atoms with Crippen LogP contribution in [0, 0.1) is 5.92 Å². The number of carbonyl (C=O) groups is 2. The highest BCUT2D eigenvalue weighted by atomic mass is 32.2. The van der Waals surface area contributed by atoms with Gasteiger partial charge in [0.1, 0.15) is 5.92 Å². The molecule has 7 nitrogen and oxygen atoms in total. The number of hydrogen-bond donors (Lipinski definition) is 2. The molecule has 1 aliphatic rings. The largest absolute Gasteiger partial charge is 0.415 e. The van der Waals surface area contributed by atoms with Crippen molar-refractivity contribution in [2.24, 2.45) is 11.7 Å². The Bertz CT molecular complexity index is 582. The number of rotatable bonds is 6. The third kappa shape index (κ3) is 4.57. The second-order valence-electron chi connectivity index (χ2n) is 6.83. The van der Waals surface area contributed by atoms with E-state index in [4.69, 9.17) is 10.2 Å². The van der Waals surface area contributed by atoms with Crippen molar-refractivity contribution in [2.75, 3.05) is 6.26 Å². The van der Waals surface area contributed by atoms with Gasteiger partial charge in [0.05, 0.1) is 5.54 Å². The zero-order valence-corrected chi connectivity index (χ0v) is 15.3. The fourth-order valence-corrected chi connectivity index (χ4v) is 3.26. The summed E-state index contributed by atoms with van der Waals surface area (Å²) >= 11 is 1.31. The van der Waals surface area contributed by atoms with Crippen molar-refractivity contribution < 1.29 is 14.0 Å². The SMILES string of the molecule is CSc1nnc([C@H](CC(C)C)C(=O)NC(=O)C2(N)CCCCC2)o1. The quantitative estimate of drug-likeness (QED) is 0.753. The fraction of sp³-hybridized carbons (Fsp3) is 0.750. The summed E-state index contributed by atoms with van der Waals surface area (Å²) in [6.45, 7) is 4.00. The van der Waals surface area contributed by atoms with Crippen molar-refractivity contribution in [3.63, 3.8) is 0 Å². The minimum atomic E-state index is -0.949. The first kappa shape index (κ1) is 18.9. The molecule has 0 saturated heterocycles. The molecule has 0 aliphatic heterocycles. The lowest BCUT2D eigenvalue weighted by atomic mass is 9.81. The van der Waals surface area contributed by atoms with Crippen LogP contribution in [0.25, 0.3) is 0 Å². The van der Waals surface area contributed by atoms with Crippen LogP contribution in [0.2, 0.25) is 0 Å². The van der Waals surface area contributed by atoms with E-state index in [-0.39, 0.29) is 11.8 Å². The van der Waals surface area contributed by atoms with Gasteiger partial charge in [-0.2, -0.15) is 0 Å². The van der Waals surface area contributed by atoms with Gasteiger partial charge < -0.3 is 10.2 Å². The summed E-state index contributed by atoms with van der Waals surface area (Å²) in [6, 6.07) is 0. The van der Waals surface area contributed by atoms with E-state index in [0.29, 0.717) is 24.5 Å². The van der Waals surface area contributed by atoms with Crippen molar-refractivity contribution in [1.82, 2.24) is 15.5 Å². The van der Waals surface area contributed by atoms with E-state index in [1.54, 1.807) is 0 Å². The molecular weight excluding hydrogens is 328 g/mol. The first-order valence-electron chi connectivity index (χ1n) is 8.37. The molecular formula is C16H26N4O3S. The van der Waals surface area contributed by atoms with Gasteiger partial charge in [0, 0.05) is 0 Å². The molecule has 0 radical (unpaired) electrons. The molecule has 134 valence electrons. The van der Waals surface area contributed by atoms with Gasteiger partial charge >= 0.3 is 0 Å². The van der Waals surface area contributed by atoms with E-state index in [0.717, 1.165) is 19.3 Å². The molecule has 1 aromatic rings. The normalized spacial score (nSPS) is 18.4. The van der Waals surface area contributed by atoms with Crippen LogP contribution >= 0.6 is 11.8 Å². The fourth-order valence-electron chi connectivity index (χ4n) is 2.97. The minimum Gasteiger partial charge on any atom is -0.415 e. The number of nitrogens with zero attached hydrogens (tertiary/aromatic N) is 2. The van der Waals surface area contributed by atoms with Gasteiger partial charge in [-0.3, -0.25) is 14.9 Å². The van der Waals surface area contributed by atoms with Crippen molar-refractivity contribution in [3.05, 3.63) is 5.89 Å². The van der Waals surface area contributed by atoms with Crippen LogP contribution < -0.4 is 11.1 Å². The Balaban J connectivity index is 2.11. The molecule has 24 heavy (non-hydrogen) atoms. The average molecular weight is 354 g/mol. The lowest BCUT2D eigenvalue weighted by Gasteiger charge is -2.31. The third-order valence-electron chi connectivity index (χ3n) is 4.35. The number of nitrogens with two attached hydrogens (primary N) is 1. The number of aromatic nitrogens is 2. The van der Waals surface area contributed by atoms with Crippen LogP contribution in [0.15, 0.2) is 9.64 Å². The molecule has 1 heterocycles. The van der Waals surface area contributed by atoms with Gasteiger partial charge in [-0.15, -0.1) is 10.2 Å². The highest BCUT2D eigenvalue weighted by Gasteiger charge is 2.38. The van der Waals surface area contributed by atoms with Crippen molar-refractivity contribution in [2.45, 2.75) is 69.1 Å². The van der Waals surface area contributed by atoms with Crippen LogP contribution in [0.3, 0.4) is 0 Å². The summed E-state index contributed by atoms with van der Waals surface area (Å²) in [5.41, 5.74) is 5.25. The molecule has 0 unspecified atom stereocenters. The Morgan fingerprint density at radius 2 is 1.96 bits per heavy atom. The Kier molecular flexibility index (Phi) is 6.40. The summed E-state index contributed by atoms with van der Waals surface area (Å²) in [5, 5.41) is 10.7. The van der Waals surface area contributed by atoms with E-state index >= 15 is 0 Å². The molecule has 2 rings (SSSR count). The number of imide groups is 1. The number of hydrogen-bond acceptors (Lipinski definition) is 7. The van der Waals surface area contributed by atoms with E-state index in [1.807, 2.05) is 20.1 Å². The van der Waals surface area contributed by atoms with Gasteiger partial charge in [0.15, 0.2) is 0 Å². The summed E-state index contributed by atoms with van der Waals surface area (Å²) in [4.78, 5) is 25.1. The van der Waals surface area contributed by atoms with Crippen LogP contribution in [0.1, 0.15) is 64.2 Å². The van der Waals surface area contributed by atoms with E-state index in [1.165, 1.54) is 11.8 Å². The molecule has 1 aliphatic carbocycles. The van der Waals surface area contributed by atoms with Crippen molar-refractivity contribution in [3.8, 4) is 0 Å². The first-order chi connectivity index (χ1) is 11.4. The predicted molar refractivity (Wildman–Crippen MR) is 91.4 cm³/mol. The molecule has 1 fully saturated rings. The number of carbonyl (C=O) groups excluding carboxylic acids is 2. The molecule has 8 heteroatoms. The Labute approximate surface area is 146 Å². The van der Waals surface area contributed by atoms with Gasteiger partial charge in [0.2, 0.25) is 17.7 Å². The van der Waals surface area contributed by atoms with E-state index in [2.05, 4.69) is 15.5 Å². The topological polar surface area (TPSA) is 111 Å². The summed E-state index contributed by atoms with van der Waals surface area (Å²) < 4.78 is 5.51. The van der Waals surface area contributed by atoms with Gasteiger partial charge in [0.25, 0.3) is 5.22 Å². The molecule has 0 bridgehead atoms. The highest BCUT2D eigenvalue weighted by Crippen LogP contribution is 2.28. The van der Waals surface area contributed by atoms with E-state index in [9.17, 15) is 9.59 Å². The summed E-state index contributed by atoms with van der Waals surface area (Å²) in [7, 11) is 0. The Morgan fingerprint density at radius 1 is 1.29 bits per heavy atom. The zero-order valence-electron chi connectivity index (χ0n) is 14.5. The predicted octanol–water partition coefficient (Wildman–Crippen LogP) is 2.23. The minimum absolute atomic E-state index is 0.238. The lowest BCUT2D eigenvalue weighted by molar-refractivity contribution is -0.135. The van der Waals surface area contributed by atoms with Gasteiger partial charge in [-0.25, -0.2) is 0 Å². The monoisotopic (exact) mass is 354 g/mol. The molecule has 0 aromatic carbocycles. The maximum absolute atomic E-state index is 12.6. The highest BCUT2D eigenvalue weighted by molar-refractivity contribution is 7.98. The number of thioether (sulfide) groups is 1. The molecule has 2 amide bonds. The zero-order chi connectivity index (χ0) is 17.7. The summed E-state index contributed by atoms with van der Waals surface area (Å²) in [5.74, 6) is -0.976. The second-order valence-corrected chi connectivity index (χ2v) is 7.59. The average Bonchev–Trinajstić information content (AvgIpc) is 3.01. The maximum Gasteiger partial charge on any atom is 0.276 e. The van der Waals surface area contributed by atoms with Crippen LogP contribution in [0.5, 0.6) is 0 Å². The van der Waals surface area contributed by atoms with Crippen LogP contribution in [-0.4, -0.2) is 33.8 Å². The second kappa shape index (κ2) is 8.11.